The number of aliphatic hydroxyl groups excluding tert-OH is 3. The van der Waals surface area contributed by atoms with E-state index in [0.29, 0.717) is 11.1 Å². The van der Waals surface area contributed by atoms with E-state index in [1.54, 1.807) is 24.3 Å². The Labute approximate surface area is 70.9 Å². The molecule has 3 N–H and O–H groups in total. The van der Waals surface area contributed by atoms with Crippen LogP contribution in [0.25, 0.3) is 0 Å². The van der Waals surface area contributed by atoms with Gasteiger partial charge in [-0.15, -0.1) is 0 Å². The lowest BCUT2D eigenvalue weighted by molar-refractivity contribution is 0.0936. The van der Waals surface area contributed by atoms with Crippen LogP contribution in [0.1, 0.15) is 17.2 Å². The van der Waals surface area contributed by atoms with Gasteiger partial charge in [0.1, 0.15) is 6.10 Å². The molecule has 1 unspecified atom stereocenters. The van der Waals surface area contributed by atoms with Gasteiger partial charge >= 0.3 is 0 Å². The van der Waals surface area contributed by atoms with Crippen molar-refractivity contribution in [3.8, 4) is 0 Å². The zero-order valence-electron chi connectivity index (χ0n) is 6.64. The van der Waals surface area contributed by atoms with Crippen molar-refractivity contribution in [3.05, 3.63) is 35.4 Å². The van der Waals surface area contributed by atoms with E-state index in [9.17, 15) is 5.11 Å². The summed E-state index contributed by atoms with van der Waals surface area (Å²) in [6.45, 7) is -0.440. The molecule has 0 spiro atoms. The van der Waals surface area contributed by atoms with Gasteiger partial charge < -0.3 is 15.3 Å². The van der Waals surface area contributed by atoms with E-state index in [1.807, 2.05) is 0 Å². The van der Waals surface area contributed by atoms with Crippen LogP contribution in [0, 0.1) is 0 Å². The van der Waals surface area contributed by atoms with E-state index in [0.717, 1.165) is 0 Å². The molecule has 1 aromatic rings. The summed E-state index contributed by atoms with van der Waals surface area (Å²) in [4.78, 5) is 0. The summed E-state index contributed by atoms with van der Waals surface area (Å²) in [5.41, 5.74) is 1.24. The minimum absolute atomic E-state index is 0.118. The second-order valence-corrected chi connectivity index (χ2v) is 2.56. The molecule has 3 nitrogen and oxygen atoms in total. The van der Waals surface area contributed by atoms with E-state index < -0.39 is 6.10 Å². The zero-order valence-corrected chi connectivity index (χ0v) is 6.64. The van der Waals surface area contributed by atoms with Crippen molar-refractivity contribution in [1.29, 1.82) is 0 Å². The fraction of sp³-hybridized carbons (Fsp3) is 0.333. The quantitative estimate of drug-likeness (QED) is 0.604. The van der Waals surface area contributed by atoms with E-state index in [4.69, 9.17) is 10.2 Å². The van der Waals surface area contributed by atoms with Gasteiger partial charge in [0.25, 0.3) is 0 Å². The number of hydrogen-bond acceptors (Lipinski definition) is 3. The molecule has 0 bridgehead atoms. The SMILES string of the molecule is OCc1ccccc1C(O)CO. The number of benzene rings is 1. The molecule has 3 heteroatoms. The van der Waals surface area contributed by atoms with Gasteiger partial charge in [-0.25, -0.2) is 0 Å². The van der Waals surface area contributed by atoms with Crippen LogP contribution in [0.2, 0.25) is 0 Å². The van der Waals surface area contributed by atoms with Gasteiger partial charge in [-0.1, -0.05) is 24.3 Å². The summed E-state index contributed by atoms with van der Waals surface area (Å²) in [7, 11) is 0. The first-order valence-corrected chi connectivity index (χ1v) is 3.77. The maximum absolute atomic E-state index is 9.28. The molecule has 1 rings (SSSR count). The monoisotopic (exact) mass is 168 g/mol. The molecule has 0 aliphatic carbocycles. The van der Waals surface area contributed by atoms with Crippen molar-refractivity contribution in [2.45, 2.75) is 12.7 Å². The molecule has 0 aliphatic heterocycles. The predicted octanol–water partition coefficient (Wildman–Crippen LogP) is 0.205. The first-order chi connectivity index (χ1) is 5.79. The van der Waals surface area contributed by atoms with Crippen LogP contribution >= 0.6 is 0 Å². The Morgan fingerprint density at radius 1 is 1.17 bits per heavy atom. The highest BCUT2D eigenvalue weighted by molar-refractivity contribution is 5.28. The summed E-state index contributed by atoms with van der Waals surface area (Å²) in [5.74, 6) is 0. The van der Waals surface area contributed by atoms with Crippen molar-refractivity contribution in [2.75, 3.05) is 6.61 Å². The smallest absolute Gasteiger partial charge is 0.102 e. The number of hydrogen-bond donors (Lipinski definition) is 3. The van der Waals surface area contributed by atoms with Gasteiger partial charge in [0, 0.05) is 0 Å². The molecule has 66 valence electrons. The zero-order chi connectivity index (χ0) is 8.97. The fourth-order valence-electron chi connectivity index (χ4n) is 1.10. The Hall–Kier alpha value is -0.900. The fourth-order valence-corrected chi connectivity index (χ4v) is 1.10. The third-order valence-corrected chi connectivity index (χ3v) is 1.76. The van der Waals surface area contributed by atoms with Crippen LogP contribution in [0.3, 0.4) is 0 Å². The molecule has 1 atom stereocenters. The highest BCUT2D eigenvalue weighted by atomic mass is 16.3. The van der Waals surface area contributed by atoms with Gasteiger partial charge in [-0.3, -0.25) is 0 Å². The first-order valence-electron chi connectivity index (χ1n) is 3.77. The third kappa shape index (κ3) is 1.82. The van der Waals surface area contributed by atoms with Crippen molar-refractivity contribution in [1.82, 2.24) is 0 Å². The lowest BCUT2D eigenvalue weighted by atomic mass is 10.0. The molecule has 0 fully saturated rings. The van der Waals surface area contributed by atoms with Crippen molar-refractivity contribution >= 4 is 0 Å². The van der Waals surface area contributed by atoms with Gasteiger partial charge in [-0.2, -0.15) is 0 Å². The summed E-state index contributed by atoms with van der Waals surface area (Å²) in [6.07, 6.45) is -0.895. The van der Waals surface area contributed by atoms with E-state index in [1.165, 1.54) is 0 Å². The van der Waals surface area contributed by atoms with Gasteiger partial charge in [0.15, 0.2) is 0 Å². The minimum atomic E-state index is -0.895. The Morgan fingerprint density at radius 2 is 1.83 bits per heavy atom. The van der Waals surface area contributed by atoms with Crippen LogP contribution in [0.4, 0.5) is 0 Å². The summed E-state index contributed by atoms with van der Waals surface area (Å²) >= 11 is 0. The number of rotatable bonds is 3. The van der Waals surface area contributed by atoms with Crippen molar-refractivity contribution in [2.24, 2.45) is 0 Å². The van der Waals surface area contributed by atoms with Crippen LogP contribution in [-0.2, 0) is 6.61 Å². The summed E-state index contributed by atoms with van der Waals surface area (Å²) in [5, 5.41) is 26.8. The molecule has 0 aromatic heterocycles. The molecule has 0 amide bonds. The molecule has 0 saturated heterocycles. The predicted molar refractivity (Wildman–Crippen MR) is 44.4 cm³/mol. The molecule has 0 saturated carbocycles. The lowest BCUT2D eigenvalue weighted by Crippen LogP contribution is -2.05. The molecule has 0 radical (unpaired) electrons. The van der Waals surface area contributed by atoms with Crippen LogP contribution in [0.15, 0.2) is 24.3 Å². The second-order valence-electron chi connectivity index (χ2n) is 2.56. The molecule has 12 heavy (non-hydrogen) atoms. The molecule has 1 aromatic carbocycles. The first kappa shape index (κ1) is 9.19. The van der Waals surface area contributed by atoms with Crippen LogP contribution in [-0.4, -0.2) is 21.9 Å². The highest BCUT2D eigenvalue weighted by Gasteiger charge is 2.08. The standard InChI is InChI=1S/C9H12O3/c10-5-7-3-1-2-4-8(7)9(12)6-11/h1-4,9-12H,5-6H2. The van der Waals surface area contributed by atoms with Gasteiger partial charge in [0.2, 0.25) is 0 Å². The Bertz CT molecular complexity index is 247. The average molecular weight is 168 g/mol. The van der Waals surface area contributed by atoms with E-state index >= 15 is 0 Å². The Balaban J connectivity index is 2.96. The topological polar surface area (TPSA) is 60.7 Å². The average Bonchev–Trinajstić information content (AvgIpc) is 2.16. The van der Waals surface area contributed by atoms with Gasteiger partial charge in [-0.05, 0) is 11.1 Å². The molecule has 0 heterocycles. The largest absolute Gasteiger partial charge is 0.393 e. The van der Waals surface area contributed by atoms with E-state index in [-0.39, 0.29) is 13.2 Å². The van der Waals surface area contributed by atoms with Crippen molar-refractivity contribution in [3.63, 3.8) is 0 Å². The van der Waals surface area contributed by atoms with Gasteiger partial charge in [0.05, 0.1) is 13.2 Å². The maximum Gasteiger partial charge on any atom is 0.102 e. The minimum Gasteiger partial charge on any atom is -0.393 e. The Kier molecular flexibility index (Phi) is 3.22. The second kappa shape index (κ2) is 4.21. The Morgan fingerprint density at radius 3 is 2.42 bits per heavy atom. The van der Waals surface area contributed by atoms with Crippen molar-refractivity contribution < 1.29 is 15.3 Å². The van der Waals surface area contributed by atoms with E-state index in [2.05, 4.69) is 0 Å². The third-order valence-electron chi connectivity index (χ3n) is 1.76. The summed E-state index contributed by atoms with van der Waals surface area (Å²) in [6, 6.07) is 6.94. The normalized spacial score (nSPS) is 12.9. The maximum atomic E-state index is 9.28. The van der Waals surface area contributed by atoms with Crippen LogP contribution in [0.5, 0.6) is 0 Å². The molecular weight excluding hydrogens is 156 g/mol. The molecule has 0 aliphatic rings. The number of aliphatic hydroxyl groups is 3. The molecular formula is C9H12O3. The van der Waals surface area contributed by atoms with Crippen LogP contribution < -0.4 is 0 Å². The highest BCUT2D eigenvalue weighted by Crippen LogP contribution is 2.16. The summed E-state index contributed by atoms with van der Waals surface area (Å²) < 4.78 is 0. The lowest BCUT2D eigenvalue weighted by Gasteiger charge is -2.11.